The number of thioether (sulfide) groups is 1. The number of rotatable bonds is 2. The summed E-state index contributed by atoms with van der Waals surface area (Å²) in [6.45, 7) is 0.489. The molecule has 0 amide bonds. The Morgan fingerprint density at radius 2 is 1.92 bits per heavy atom. The molecule has 1 heterocycles. The minimum atomic E-state index is -1.76. The monoisotopic (exact) mass is 191 g/mol. The summed E-state index contributed by atoms with van der Waals surface area (Å²) >= 11 is 0.941. The van der Waals surface area contributed by atoms with E-state index in [0.717, 1.165) is 11.8 Å². The van der Waals surface area contributed by atoms with Crippen LogP contribution in [-0.4, -0.2) is 51.3 Å². The first-order chi connectivity index (χ1) is 5.51. The molecule has 0 aliphatic carbocycles. The molecule has 6 heteroatoms. The molecule has 1 aliphatic rings. The summed E-state index contributed by atoms with van der Waals surface area (Å²) in [6.07, 6.45) is 0. The minimum absolute atomic E-state index is 0.489. The maximum Gasteiger partial charge on any atom is 0.346 e. The standard InChI is InChI=1S/C6H9NO4S/c1-7-2-3-12-6(7,4(8)9)5(10)11/h2-3H2,1H3,(H,8,9)(H,10,11). The highest BCUT2D eigenvalue weighted by Gasteiger charge is 2.54. The van der Waals surface area contributed by atoms with Crippen molar-refractivity contribution in [1.82, 2.24) is 4.90 Å². The van der Waals surface area contributed by atoms with Crippen LogP contribution in [0.25, 0.3) is 0 Å². The second-order valence-electron chi connectivity index (χ2n) is 2.52. The zero-order valence-corrected chi connectivity index (χ0v) is 7.30. The fourth-order valence-electron chi connectivity index (χ4n) is 1.14. The average Bonchev–Trinajstić information content (AvgIpc) is 2.31. The molecule has 0 aromatic heterocycles. The summed E-state index contributed by atoms with van der Waals surface area (Å²) in [5.41, 5.74) is 0. The molecule has 0 aromatic carbocycles. The van der Waals surface area contributed by atoms with Crippen LogP contribution in [0.5, 0.6) is 0 Å². The van der Waals surface area contributed by atoms with Crippen LogP contribution in [-0.2, 0) is 9.59 Å². The smallest absolute Gasteiger partial charge is 0.346 e. The van der Waals surface area contributed by atoms with E-state index in [-0.39, 0.29) is 0 Å². The molecule has 12 heavy (non-hydrogen) atoms. The van der Waals surface area contributed by atoms with Gasteiger partial charge in [0, 0.05) is 12.3 Å². The van der Waals surface area contributed by atoms with Crippen LogP contribution >= 0.6 is 11.8 Å². The Morgan fingerprint density at radius 1 is 1.42 bits per heavy atom. The molecule has 0 bridgehead atoms. The van der Waals surface area contributed by atoms with E-state index in [0.29, 0.717) is 12.3 Å². The summed E-state index contributed by atoms with van der Waals surface area (Å²) in [5.74, 6) is -2.07. The fourth-order valence-corrected chi connectivity index (χ4v) is 2.36. The van der Waals surface area contributed by atoms with Crippen molar-refractivity contribution in [3.8, 4) is 0 Å². The zero-order chi connectivity index (χ0) is 9.35. The number of nitrogens with zero attached hydrogens (tertiary/aromatic N) is 1. The third kappa shape index (κ3) is 1.07. The van der Waals surface area contributed by atoms with E-state index in [4.69, 9.17) is 10.2 Å². The summed E-state index contributed by atoms with van der Waals surface area (Å²) in [5, 5.41) is 17.5. The molecule has 0 unspecified atom stereocenters. The van der Waals surface area contributed by atoms with Crippen LogP contribution in [0.15, 0.2) is 0 Å². The number of aliphatic carboxylic acids is 2. The lowest BCUT2D eigenvalue weighted by molar-refractivity contribution is -0.157. The van der Waals surface area contributed by atoms with E-state index in [1.165, 1.54) is 11.9 Å². The van der Waals surface area contributed by atoms with Crippen molar-refractivity contribution in [2.75, 3.05) is 19.3 Å². The highest BCUT2D eigenvalue weighted by molar-refractivity contribution is 8.02. The number of carbonyl (C=O) groups is 2. The Bertz CT molecular complexity index is 216. The average molecular weight is 191 g/mol. The van der Waals surface area contributed by atoms with Crippen molar-refractivity contribution in [3.63, 3.8) is 0 Å². The molecular weight excluding hydrogens is 182 g/mol. The Morgan fingerprint density at radius 3 is 2.08 bits per heavy atom. The molecule has 2 N–H and O–H groups in total. The minimum Gasteiger partial charge on any atom is -0.479 e. The Labute approximate surface area is 73.4 Å². The number of hydrogen-bond acceptors (Lipinski definition) is 4. The van der Waals surface area contributed by atoms with Crippen molar-refractivity contribution in [2.24, 2.45) is 0 Å². The largest absolute Gasteiger partial charge is 0.479 e. The van der Waals surface area contributed by atoms with Crippen LogP contribution in [0.1, 0.15) is 0 Å². The van der Waals surface area contributed by atoms with Crippen LogP contribution in [0.3, 0.4) is 0 Å². The summed E-state index contributed by atoms with van der Waals surface area (Å²) in [4.78, 5) is 21.0. The van der Waals surface area contributed by atoms with Crippen molar-refractivity contribution in [1.29, 1.82) is 0 Å². The van der Waals surface area contributed by atoms with E-state index in [1.807, 2.05) is 0 Å². The van der Waals surface area contributed by atoms with Gasteiger partial charge in [-0.15, -0.1) is 11.8 Å². The van der Waals surface area contributed by atoms with E-state index < -0.39 is 16.8 Å². The zero-order valence-electron chi connectivity index (χ0n) is 6.48. The van der Waals surface area contributed by atoms with E-state index in [9.17, 15) is 9.59 Å². The lowest BCUT2D eigenvalue weighted by Gasteiger charge is -2.25. The van der Waals surface area contributed by atoms with Gasteiger partial charge < -0.3 is 10.2 Å². The number of hydrogen-bond donors (Lipinski definition) is 2. The SMILES string of the molecule is CN1CCSC1(C(=O)O)C(=O)O. The van der Waals surface area contributed by atoms with Gasteiger partial charge in [0.1, 0.15) is 0 Å². The predicted molar refractivity (Wildman–Crippen MR) is 43.1 cm³/mol. The van der Waals surface area contributed by atoms with Gasteiger partial charge in [-0.3, -0.25) is 4.90 Å². The first kappa shape index (κ1) is 9.34. The van der Waals surface area contributed by atoms with Gasteiger partial charge in [-0.05, 0) is 7.05 Å². The molecule has 0 atom stereocenters. The summed E-state index contributed by atoms with van der Waals surface area (Å²) in [6, 6.07) is 0. The van der Waals surface area contributed by atoms with Crippen LogP contribution in [0, 0.1) is 0 Å². The van der Waals surface area contributed by atoms with E-state index in [1.54, 1.807) is 0 Å². The number of carboxylic acids is 2. The molecule has 68 valence electrons. The molecule has 1 rings (SSSR count). The number of carboxylic acid groups (broad SMARTS) is 2. The summed E-state index contributed by atoms with van der Waals surface area (Å²) < 4.78 is 0. The first-order valence-electron chi connectivity index (χ1n) is 3.34. The molecule has 0 saturated carbocycles. The van der Waals surface area contributed by atoms with Crippen molar-refractivity contribution >= 4 is 23.7 Å². The van der Waals surface area contributed by atoms with Gasteiger partial charge in [0.05, 0.1) is 0 Å². The Hall–Kier alpha value is -0.750. The second kappa shape index (κ2) is 2.95. The third-order valence-electron chi connectivity index (χ3n) is 1.85. The maximum atomic E-state index is 10.7. The van der Waals surface area contributed by atoms with Gasteiger partial charge in [0.2, 0.25) is 0 Å². The van der Waals surface area contributed by atoms with E-state index in [2.05, 4.69) is 0 Å². The van der Waals surface area contributed by atoms with Crippen LogP contribution in [0.2, 0.25) is 0 Å². The van der Waals surface area contributed by atoms with Gasteiger partial charge in [-0.2, -0.15) is 0 Å². The van der Waals surface area contributed by atoms with Crippen molar-refractivity contribution in [3.05, 3.63) is 0 Å². The van der Waals surface area contributed by atoms with Gasteiger partial charge in [-0.25, -0.2) is 9.59 Å². The highest BCUT2D eigenvalue weighted by atomic mass is 32.2. The lowest BCUT2D eigenvalue weighted by atomic mass is 10.2. The van der Waals surface area contributed by atoms with Crippen LogP contribution in [0.4, 0.5) is 0 Å². The summed E-state index contributed by atoms with van der Waals surface area (Å²) in [7, 11) is 1.50. The van der Waals surface area contributed by atoms with Crippen LogP contribution < -0.4 is 0 Å². The lowest BCUT2D eigenvalue weighted by Crippen LogP contribution is -2.52. The van der Waals surface area contributed by atoms with Gasteiger partial charge in [0.15, 0.2) is 0 Å². The van der Waals surface area contributed by atoms with Gasteiger partial charge in [-0.1, -0.05) is 0 Å². The maximum absolute atomic E-state index is 10.7. The molecule has 1 fully saturated rings. The van der Waals surface area contributed by atoms with Crippen molar-refractivity contribution in [2.45, 2.75) is 4.87 Å². The molecule has 1 saturated heterocycles. The molecular formula is C6H9NO4S. The third-order valence-corrected chi connectivity index (χ3v) is 3.32. The number of likely N-dealkylation sites (N-methyl/N-ethyl adjacent to an activating group) is 1. The molecule has 0 aromatic rings. The van der Waals surface area contributed by atoms with Gasteiger partial charge in [0.25, 0.3) is 4.87 Å². The van der Waals surface area contributed by atoms with E-state index >= 15 is 0 Å². The highest BCUT2D eigenvalue weighted by Crippen LogP contribution is 2.34. The quantitative estimate of drug-likeness (QED) is 0.574. The second-order valence-corrected chi connectivity index (χ2v) is 3.81. The fraction of sp³-hybridized carbons (Fsp3) is 0.667. The molecule has 5 nitrogen and oxygen atoms in total. The normalized spacial score (nSPS) is 22.4. The first-order valence-corrected chi connectivity index (χ1v) is 4.32. The predicted octanol–water partition coefficient (Wildman–Crippen LogP) is -0.470. The molecule has 0 spiro atoms. The molecule has 1 aliphatic heterocycles. The Balaban J connectivity index is 3.01. The molecule has 0 radical (unpaired) electrons. The van der Waals surface area contributed by atoms with Crippen molar-refractivity contribution < 1.29 is 19.8 Å². The van der Waals surface area contributed by atoms with Gasteiger partial charge >= 0.3 is 11.9 Å². The Kier molecular flexibility index (Phi) is 2.29. The topological polar surface area (TPSA) is 77.8 Å².